The van der Waals surface area contributed by atoms with Crippen molar-refractivity contribution in [1.29, 1.82) is 0 Å². The van der Waals surface area contributed by atoms with Crippen LogP contribution >= 0.6 is 22.1 Å². The van der Waals surface area contributed by atoms with Crippen molar-refractivity contribution in [3.63, 3.8) is 0 Å². The normalized spacial score (nSPS) is 11.6. The zero-order chi connectivity index (χ0) is 46.8. The van der Waals surface area contributed by atoms with Crippen LogP contribution in [0.3, 0.4) is 0 Å². The molecule has 0 aromatic heterocycles. The smallest absolute Gasteiger partial charge is 0.200 e. The quantitative estimate of drug-likeness (QED) is 0.0315. The maximum Gasteiger partial charge on any atom is 0.200 e. The molecule has 11 heteroatoms. The minimum Gasteiger partial charge on any atom is -0.852 e. The molecule has 0 radical (unpaired) electrons. The van der Waals surface area contributed by atoms with Crippen LogP contribution in [0.25, 0.3) is 0 Å². The van der Waals surface area contributed by atoms with Crippen molar-refractivity contribution in [3.8, 4) is 0 Å². The Morgan fingerprint density at radius 1 is 0.290 bits per heavy atom. The molecule has 0 aromatic carbocycles. The molecule has 62 heavy (non-hydrogen) atoms. The first-order chi connectivity index (χ1) is 29.1. The zero-order valence-electron chi connectivity index (χ0n) is 43.1. The molecule has 0 aliphatic heterocycles. The Morgan fingerprint density at radius 3 is 0.500 bits per heavy atom. The summed E-state index contributed by atoms with van der Waals surface area (Å²) in [6, 6.07) is 0. The van der Waals surface area contributed by atoms with Crippen molar-refractivity contribution in [2.24, 2.45) is 0 Å². The second-order valence-electron chi connectivity index (χ2n) is 18.5. The van der Waals surface area contributed by atoms with Gasteiger partial charge in [0.2, 0.25) is 22.1 Å². The van der Waals surface area contributed by atoms with Crippen LogP contribution in [0.5, 0.6) is 0 Å². The third-order valence-corrected chi connectivity index (χ3v) is 17.3. The van der Waals surface area contributed by atoms with Gasteiger partial charge in [-0.3, -0.25) is 13.7 Å². The Hall–Kier alpha value is 1.24. The van der Waals surface area contributed by atoms with Gasteiger partial charge in [0.15, 0.2) is 0 Å². The van der Waals surface area contributed by atoms with Gasteiger partial charge in [-0.25, -0.2) is 0 Å². The molecule has 0 aliphatic rings. The number of hydrogen-bond donors (Lipinski definition) is 3. The van der Waals surface area contributed by atoms with Crippen LogP contribution < -0.4 is 5.11 Å². The fourth-order valence-electron chi connectivity index (χ4n) is 7.17. The van der Waals surface area contributed by atoms with Gasteiger partial charge in [-0.15, -0.1) is 6.10 Å². The van der Waals surface area contributed by atoms with E-state index in [9.17, 15) is 33.5 Å². The van der Waals surface area contributed by atoms with Crippen LogP contribution in [-0.4, -0.2) is 57.8 Å². The summed E-state index contributed by atoms with van der Waals surface area (Å²) < 4.78 is 35.8. The maximum atomic E-state index is 11.9. The van der Waals surface area contributed by atoms with Gasteiger partial charge in [0.05, 0.1) is 0 Å². The van der Waals surface area contributed by atoms with Gasteiger partial charge in [-0.1, -0.05) is 248 Å². The Labute approximate surface area is 404 Å². The van der Waals surface area contributed by atoms with E-state index in [-0.39, 0.29) is 21.7 Å². The summed E-state index contributed by atoms with van der Waals surface area (Å²) in [5, 5.41) is 9.53. The van der Waals surface area contributed by atoms with Crippen molar-refractivity contribution < 1.29 is 55.2 Å². The van der Waals surface area contributed by atoms with E-state index in [2.05, 4.69) is 41.5 Å². The van der Waals surface area contributed by atoms with Crippen LogP contribution in [0.1, 0.15) is 287 Å². The molecule has 0 unspecified atom stereocenters. The fraction of sp³-hybridized carbons (Fsp3) is 1.00. The molecule has 0 amide bonds. The molecule has 7 nitrogen and oxygen atoms in total. The molecular formula is C51H112O7P3Ti-. The molecule has 0 fully saturated rings. The standard InChI is InChI=1S/3C16H35O2P.C3H7O.Ti/c3*1-3-5-7-9-11-13-15-19(17,18)16-14-12-10-8-6-4-2;1-3(2)4;/h3*3-16H2,1-2H3,(H,17,18);3H,1-2H3;/q;;;-1;. The topological polar surface area (TPSA) is 135 Å². The van der Waals surface area contributed by atoms with Gasteiger partial charge in [0, 0.05) is 58.7 Å². The van der Waals surface area contributed by atoms with Gasteiger partial charge in [0.25, 0.3) is 0 Å². The minimum atomic E-state index is -2.80. The van der Waals surface area contributed by atoms with Crippen LogP contribution in [0.15, 0.2) is 0 Å². The maximum absolute atomic E-state index is 11.9. The molecule has 378 valence electrons. The SMILES string of the molecule is CC(C)[O-].CCCCCCCCP(=O)(O)CCCCCCCC.CCCCCCCCP(=O)(O)CCCCCCCC.CCCCCCCCP(=O)(O)CCCCCCCC.[Ti]. The van der Waals surface area contributed by atoms with Crippen molar-refractivity contribution in [1.82, 2.24) is 0 Å². The summed E-state index contributed by atoms with van der Waals surface area (Å²) >= 11 is 0. The predicted octanol–water partition coefficient (Wildman–Crippen LogP) is 17.7. The van der Waals surface area contributed by atoms with Crippen molar-refractivity contribution >= 4 is 22.1 Å². The number of hydrogen-bond acceptors (Lipinski definition) is 4. The Kier molecular flexibility index (Phi) is 65.9. The summed E-state index contributed by atoms with van der Waals surface area (Å²) in [5.41, 5.74) is 0. The van der Waals surface area contributed by atoms with Crippen LogP contribution in [0.2, 0.25) is 0 Å². The summed E-state index contributed by atoms with van der Waals surface area (Å²) in [6.07, 6.45) is 45.7. The van der Waals surface area contributed by atoms with E-state index in [1.54, 1.807) is 13.8 Å². The molecule has 3 N–H and O–H groups in total. The van der Waals surface area contributed by atoms with E-state index in [0.29, 0.717) is 37.0 Å². The zero-order valence-corrected chi connectivity index (χ0v) is 47.3. The molecule has 0 atom stereocenters. The average molecular weight is 978 g/mol. The second kappa shape index (κ2) is 56.6. The van der Waals surface area contributed by atoms with E-state index >= 15 is 0 Å². The largest absolute Gasteiger partial charge is 0.852 e. The Morgan fingerprint density at radius 2 is 0.387 bits per heavy atom. The van der Waals surface area contributed by atoms with E-state index in [4.69, 9.17) is 0 Å². The Balaban J connectivity index is -0.000000248. The molecule has 0 spiro atoms. The van der Waals surface area contributed by atoms with Gasteiger partial charge < -0.3 is 19.8 Å². The minimum absolute atomic E-state index is 0. The first kappa shape index (κ1) is 72.2. The summed E-state index contributed by atoms with van der Waals surface area (Å²) in [4.78, 5) is 29.6. The van der Waals surface area contributed by atoms with E-state index in [1.165, 1.54) is 154 Å². The molecule has 0 heterocycles. The first-order valence-electron chi connectivity index (χ1n) is 26.7. The van der Waals surface area contributed by atoms with Crippen LogP contribution in [-0.2, 0) is 35.4 Å². The van der Waals surface area contributed by atoms with Gasteiger partial charge in [-0.2, -0.15) is 0 Å². The molecule has 0 saturated carbocycles. The van der Waals surface area contributed by atoms with Crippen molar-refractivity contribution in [2.45, 2.75) is 293 Å². The van der Waals surface area contributed by atoms with Gasteiger partial charge in [0.1, 0.15) is 0 Å². The van der Waals surface area contributed by atoms with Crippen molar-refractivity contribution in [3.05, 3.63) is 0 Å². The van der Waals surface area contributed by atoms with E-state index < -0.39 is 28.2 Å². The Bertz CT molecular complexity index is 793. The molecule has 0 rings (SSSR count). The summed E-state index contributed by atoms with van der Waals surface area (Å²) in [6.45, 7) is 16.5. The number of rotatable bonds is 42. The van der Waals surface area contributed by atoms with E-state index in [0.717, 1.165) is 77.0 Å². The molecule has 0 saturated heterocycles. The predicted molar refractivity (Wildman–Crippen MR) is 274 cm³/mol. The average Bonchev–Trinajstić information content (AvgIpc) is 3.20. The molecule has 0 aliphatic carbocycles. The van der Waals surface area contributed by atoms with E-state index in [1.807, 2.05) is 0 Å². The molecule has 0 bridgehead atoms. The monoisotopic (exact) mass is 978 g/mol. The van der Waals surface area contributed by atoms with Crippen molar-refractivity contribution in [2.75, 3.05) is 37.0 Å². The van der Waals surface area contributed by atoms with Crippen LogP contribution in [0.4, 0.5) is 0 Å². The van der Waals surface area contributed by atoms with Gasteiger partial charge >= 0.3 is 0 Å². The molecular weight excluding hydrogens is 865 g/mol. The molecule has 0 aromatic rings. The fourth-order valence-corrected chi connectivity index (χ4v) is 12.1. The second-order valence-corrected chi connectivity index (χ2v) is 26.3. The third-order valence-electron chi connectivity index (χ3n) is 11.2. The summed E-state index contributed by atoms with van der Waals surface area (Å²) in [5.74, 6) is 0. The van der Waals surface area contributed by atoms with Gasteiger partial charge in [-0.05, 0) is 38.5 Å². The third kappa shape index (κ3) is 72.8. The first-order valence-corrected chi connectivity index (χ1v) is 32.8. The summed E-state index contributed by atoms with van der Waals surface area (Å²) in [7, 11) is -8.41. The number of unbranched alkanes of at least 4 members (excludes halogenated alkanes) is 30. The van der Waals surface area contributed by atoms with Crippen LogP contribution in [0, 0.1) is 0 Å².